The Morgan fingerprint density at radius 3 is 1.89 bits per heavy atom. The van der Waals surface area contributed by atoms with Crippen molar-refractivity contribution in [3.63, 3.8) is 0 Å². The van der Waals surface area contributed by atoms with Crippen LogP contribution in [-0.2, 0) is 14.3 Å². The maximum atomic E-state index is 13.2. The van der Waals surface area contributed by atoms with Gasteiger partial charge in [0.15, 0.2) is 5.78 Å². The number of ether oxygens (including phenoxy) is 1. The molecule has 2 aromatic rings. The SMILES string of the molecule is CC(=O)OC(C)(C(=O)Nc1ccc(C(=O)c2ccccc2)cc1)C(F)(F)F. The van der Waals surface area contributed by atoms with Gasteiger partial charge in [-0.2, -0.15) is 13.2 Å². The van der Waals surface area contributed by atoms with Crippen molar-refractivity contribution in [3.05, 3.63) is 65.7 Å². The van der Waals surface area contributed by atoms with Crippen LogP contribution in [0.25, 0.3) is 0 Å². The summed E-state index contributed by atoms with van der Waals surface area (Å²) in [4.78, 5) is 35.4. The van der Waals surface area contributed by atoms with E-state index in [1.807, 2.05) is 0 Å². The zero-order chi connectivity index (χ0) is 20.2. The van der Waals surface area contributed by atoms with Gasteiger partial charge in [-0.3, -0.25) is 14.4 Å². The van der Waals surface area contributed by atoms with Crippen LogP contribution < -0.4 is 5.32 Å². The van der Waals surface area contributed by atoms with Gasteiger partial charge in [0.1, 0.15) is 0 Å². The van der Waals surface area contributed by atoms with Crippen molar-refractivity contribution in [2.24, 2.45) is 0 Å². The van der Waals surface area contributed by atoms with Crippen molar-refractivity contribution in [2.75, 3.05) is 5.32 Å². The zero-order valence-electron chi connectivity index (χ0n) is 14.5. The summed E-state index contributed by atoms with van der Waals surface area (Å²) in [5.74, 6) is -3.06. The van der Waals surface area contributed by atoms with Crippen LogP contribution in [0, 0.1) is 0 Å². The summed E-state index contributed by atoms with van der Waals surface area (Å²) in [6.45, 7) is 1.25. The summed E-state index contributed by atoms with van der Waals surface area (Å²) in [5.41, 5.74) is -2.56. The maximum absolute atomic E-state index is 13.2. The highest BCUT2D eigenvalue weighted by Gasteiger charge is 2.60. The van der Waals surface area contributed by atoms with Gasteiger partial charge in [-0.1, -0.05) is 30.3 Å². The molecule has 0 fully saturated rings. The maximum Gasteiger partial charge on any atom is 0.437 e. The fraction of sp³-hybridized carbons (Fsp3) is 0.211. The zero-order valence-corrected chi connectivity index (χ0v) is 14.5. The van der Waals surface area contributed by atoms with E-state index in [2.05, 4.69) is 10.1 Å². The third kappa shape index (κ3) is 4.52. The van der Waals surface area contributed by atoms with Gasteiger partial charge < -0.3 is 10.1 Å². The minimum atomic E-state index is -5.11. The van der Waals surface area contributed by atoms with E-state index in [-0.39, 0.29) is 11.5 Å². The van der Waals surface area contributed by atoms with E-state index in [0.717, 1.165) is 6.92 Å². The van der Waals surface area contributed by atoms with Gasteiger partial charge >= 0.3 is 12.1 Å². The number of amides is 1. The molecule has 142 valence electrons. The molecule has 0 saturated carbocycles. The van der Waals surface area contributed by atoms with E-state index in [9.17, 15) is 27.6 Å². The first-order chi connectivity index (χ1) is 12.5. The van der Waals surface area contributed by atoms with Crippen LogP contribution in [0.2, 0.25) is 0 Å². The lowest BCUT2D eigenvalue weighted by Crippen LogP contribution is -2.55. The second-order valence-electron chi connectivity index (χ2n) is 5.85. The van der Waals surface area contributed by atoms with E-state index in [4.69, 9.17) is 0 Å². The Kier molecular flexibility index (Phi) is 5.68. The van der Waals surface area contributed by atoms with Gasteiger partial charge in [0.05, 0.1) is 0 Å². The Morgan fingerprint density at radius 2 is 1.41 bits per heavy atom. The molecule has 0 bridgehead atoms. The van der Waals surface area contributed by atoms with Crippen LogP contribution in [-0.4, -0.2) is 29.4 Å². The molecule has 2 rings (SSSR count). The second kappa shape index (κ2) is 7.61. The number of ketones is 1. The number of nitrogens with one attached hydrogen (secondary N) is 1. The Morgan fingerprint density at radius 1 is 0.889 bits per heavy atom. The van der Waals surface area contributed by atoms with Crippen LogP contribution in [0.15, 0.2) is 54.6 Å². The standard InChI is InChI=1S/C19H16F3NO4/c1-12(24)27-18(2,19(20,21)22)17(26)23-15-10-8-14(9-11-15)16(25)13-6-4-3-5-7-13/h3-11H,1-2H3,(H,23,26). The van der Waals surface area contributed by atoms with Crippen LogP contribution in [0.3, 0.4) is 0 Å². The van der Waals surface area contributed by atoms with Crippen LogP contribution >= 0.6 is 0 Å². The monoisotopic (exact) mass is 379 g/mol. The quantitative estimate of drug-likeness (QED) is 0.635. The van der Waals surface area contributed by atoms with Crippen molar-refractivity contribution < 1.29 is 32.3 Å². The molecule has 0 aliphatic carbocycles. The lowest BCUT2D eigenvalue weighted by Gasteiger charge is -2.29. The first-order valence-electron chi connectivity index (χ1n) is 7.82. The molecule has 0 radical (unpaired) electrons. The van der Waals surface area contributed by atoms with Crippen LogP contribution in [0.1, 0.15) is 29.8 Å². The van der Waals surface area contributed by atoms with Gasteiger partial charge in [-0.15, -0.1) is 0 Å². The van der Waals surface area contributed by atoms with Gasteiger partial charge in [-0.25, -0.2) is 0 Å². The predicted molar refractivity (Wildman–Crippen MR) is 91.2 cm³/mol. The Bertz CT molecular complexity index is 848. The topological polar surface area (TPSA) is 72.5 Å². The van der Waals surface area contributed by atoms with E-state index in [1.165, 1.54) is 24.3 Å². The summed E-state index contributed by atoms with van der Waals surface area (Å²) in [5, 5.41) is 2.05. The van der Waals surface area contributed by atoms with Crippen molar-refractivity contribution in [1.29, 1.82) is 0 Å². The third-order valence-electron chi connectivity index (χ3n) is 3.76. The number of anilines is 1. The minimum Gasteiger partial charge on any atom is -0.439 e. The highest BCUT2D eigenvalue weighted by molar-refractivity contribution is 6.09. The summed E-state index contributed by atoms with van der Waals surface area (Å²) < 4.78 is 43.8. The highest BCUT2D eigenvalue weighted by Crippen LogP contribution is 2.34. The van der Waals surface area contributed by atoms with Crippen molar-refractivity contribution >= 4 is 23.3 Å². The predicted octanol–water partition coefficient (Wildman–Crippen LogP) is 3.74. The average Bonchev–Trinajstić information content (AvgIpc) is 2.61. The molecule has 0 aromatic heterocycles. The molecule has 1 amide bonds. The van der Waals surface area contributed by atoms with Gasteiger partial charge in [0.25, 0.3) is 11.5 Å². The Labute approximate surface area is 153 Å². The minimum absolute atomic E-state index is 0.0206. The Balaban J connectivity index is 2.19. The Hall–Kier alpha value is -3.16. The van der Waals surface area contributed by atoms with E-state index in [1.54, 1.807) is 30.3 Å². The van der Waals surface area contributed by atoms with Crippen molar-refractivity contribution in [3.8, 4) is 0 Å². The van der Waals surface area contributed by atoms with E-state index < -0.39 is 23.7 Å². The highest BCUT2D eigenvalue weighted by atomic mass is 19.4. The number of hydrogen-bond acceptors (Lipinski definition) is 4. The van der Waals surface area contributed by atoms with Crippen LogP contribution in [0.5, 0.6) is 0 Å². The molecule has 1 N–H and O–H groups in total. The first-order valence-corrected chi connectivity index (χ1v) is 7.82. The summed E-state index contributed by atoms with van der Waals surface area (Å²) in [6.07, 6.45) is -5.11. The number of benzene rings is 2. The van der Waals surface area contributed by atoms with Gasteiger partial charge in [0, 0.05) is 23.7 Å². The number of carbonyl (C=O) groups excluding carboxylic acids is 3. The molecule has 2 aromatic carbocycles. The molecule has 5 nitrogen and oxygen atoms in total. The smallest absolute Gasteiger partial charge is 0.437 e. The fourth-order valence-corrected chi connectivity index (χ4v) is 2.23. The second-order valence-corrected chi connectivity index (χ2v) is 5.85. The molecule has 8 heteroatoms. The summed E-state index contributed by atoms with van der Waals surface area (Å²) >= 11 is 0. The van der Waals surface area contributed by atoms with Crippen molar-refractivity contribution in [1.82, 2.24) is 0 Å². The van der Waals surface area contributed by atoms with E-state index >= 15 is 0 Å². The third-order valence-corrected chi connectivity index (χ3v) is 3.76. The fourth-order valence-electron chi connectivity index (χ4n) is 2.23. The lowest BCUT2D eigenvalue weighted by molar-refractivity contribution is -0.253. The van der Waals surface area contributed by atoms with Crippen molar-refractivity contribution in [2.45, 2.75) is 25.6 Å². The number of halogens is 3. The molecule has 0 aliphatic rings. The van der Waals surface area contributed by atoms with Crippen LogP contribution in [0.4, 0.5) is 18.9 Å². The summed E-state index contributed by atoms with van der Waals surface area (Å²) in [7, 11) is 0. The normalized spacial score (nSPS) is 13.4. The first kappa shape index (κ1) is 20.2. The number of esters is 1. The molecular formula is C19H16F3NO4. The average molecular weight is 379 g/mol. The summed E-state index contributed by atoms with van der Waals surface area (Å²) in [6, 6.07) is 13.8. The van der Waals surface area contributed by atoms with Gasteiger partial charge in [0.2, 0.25) is 0 Å². The molecular weight excluding hydrogens is 363 g/mol. The lowest BCUT2D eigenvalue weighted by atomic mass is 10.0. The number of carbonyl (C=O) groups is 3. The number of alkyl halides is 3. The molecule has 27 heavy (non-hydrogen) atoms. The molecule has 0 aliphatic heterocycles. The molecule has 0 saturated heterocycles. The molecule has 1 atom stereocenters. The largest absolute Gasteiger partial charge is 0.439 e. The number of hydrogen-bond donors (Lipinski definition) is 1. The molecule has 1 unspecified atom stereocenters. The molecule has 0 heterocycles. The van der Waals surface area contributed by atoms with E-state index in [0.29, 0.717) is 18.1 Å². The van der Waals surface area contributed by atoms with Gasteiger partial charge in [-0.05, 0) is 31.2 Å². The molecule has 0 spiro atoms. The number of rotatable bonds is 5.